The van der Waals surface area contributed by atoms with Crippen molar-refractivity contribution in [3.8, 4) is 0 Å². The van der Waals surface area contributed by atoms with Crippen LogP contribution >= 0.6 is 11.6 Å². The van der Waals surface area contributed by atoms with Crippen molar-refractivity contribution in [1.29, 1.82) is 0 Å². The average Bonchev–Trinajstić information content (AvgIpc) is 2.46. The minimum atomic E-state index is -0.108. The first-order chi connectivity index (χ1) is 6.18. The highest BCUT2D eigenvalue weighted by Crippen LogP contribution is 2.27. The summed E-state index contributed by atoms with van der Waals surface area (Å²) in [4.78, 5) is 0. The van der Waals surface area contributed by atoms with Gasteiger partial charge in [0.25, 0.3) is 0 Å². The molecular formula is C10H10ClNO. The number of rotatable bonds is 1. The molecule has 1 unspecified atom stereocenters. The summed E-state index contributed by atoms with van der Waals surface area (Å²) in [6.45, 7) is 3.93. The molecule has 0 aliphatic carbocycles. The number of halogens is 1. The Kier molecular flexibility index (Phi) is 2.00. The summed E-state index contributed by atoms with van der Waals surface area (Å²) in [7, 11) is 0. The number of hydrogen-bond donors (Lipinski definition) is 0. The topological polar surface area (TPSA) is 26.0 Å². The summed E-state index contributed by atoms with van der Waals surface area (Å²) in [5.41, 5.74) is 2.81. The third kappa shape index (κ3) is 1.42. The Morgan fingerprint density at radius 3 is 2.92 bits per heavy atom. The zero-order valence-electron chi connectivity index (χ0n) is 7.54. The Morgan fingerprint density at radius 2 is 2.23 bits per heavy atom. The second-order valence-electron chi connectivity index (χ2n) is 3.18. The molecule has 1 atom stereocenters. The van der Waals surface area contributed by atoms with Gasteiger partial charge < -0.3 is 4.52 Å². The summed E-state index contributed by atoms with van der Waals surface area (Å²) in [5, 5.41) is 4.84. The lowest BCUT2D eigenvalue weighted by atomic mass is 10.1. The lowest BCUT2D eigenvalue weighted by molar-refractivity contribution is 0.446. The first kappa shape index (κ1) is 8.57. The fourth-order valence-corrected chi connectivity index (χ4v) is 1.52. The fourth-order valence-electron chi connectivity index (χ4n) is 1.36. The standard InChI is InChI=1S/C10H10ClNO/c1-6-3-4-9-8(5-6)10(7(2)11)12-13-9/h3-5,7H,1-2H3. The largest absolute Gasteiger partial charge is 0.356 e. The molecular weight excluding hydrogens is 186 g/mol. The number of aryl methyl sites for hydroxylation is 1. The Labute approximate surface area is 81.5 Å². The van der Waals surface area contributed by atoms with Crippen LogP contribution in [0.2, 0.25) is 0 Å². The van der Waals surface area contributed by atoms with Crippen molar-refractivity contribution in [2.45, 2.75) is 19.2 Å². The third-order valence-electron chi connectivity index (χ3n) is 2.03. The van der Waals surface area contributed by atoms with E-state index in [9.17, 15) is 0 Å². The molecule has 0 fully saturated rings. The van der Waals surface area contributed by atoms with Crippen LogP contribution in [0, 0.1) is 6.92 Å². The molecule has 3 heteroatoms. The van der Waals surface area contributed by atoms with Crippen LogP contribution in [-0.4, -0.2) is 5.16 Å². The lowest BCUT2D eigenvalue weighted by Crippen LogP contribution is -1.84. The quantitative estimate of drug-likeness (QED) is 0.652. The normalized spacial score (nSPS) is 13.5. The number of hydrogen-bond acceptors (Lipinski definition) is 2. The molecule has 1 aromatic carbocycles. The van der Waals surface area contributed by atoms with Crippen LogP contribution in [0.15, 0.2) is 22.7 Å². The van der Waals surface area contributed by atoms with E-state index in [0.29, 0.717) is 0 Å². The molecule has 0 radical (unpaired) electrons. The van der Waals surface area contributed by atoms with E-state index in [2.05, 4.69) is 5.16 Å². The van der Waals surface area contributed by atoms with Crippen LogP contribution in [0.25, 0.3) is 11.0 Å². The average molecular weight is 196 g/mol. The Hall–Kier alpha value is -1.02. The predicted molar refractivity (Wildman–Crippen MR) is 53.0 cm³/mol. The lowest BCUT2D eigenvalue weighted by Gasteiger charge is -1.96. The van der Waals surface area contributed by atoms with Crippen LogP contribution in [0.3, 0.4) is 0 Å². The van der Waals surface area contributed by atoms with Crippen LogP contribution in [0.5, 0.6) is 0 Å². The first-order valence-corrected chi connectivity index (χ1v) is 4.62. The smallest absolute Gasteiger partial charge is 0.167 e. The molecule has 0 saturated heterocycles. The van der Waals surface area contributed by atoms with E-state index in [1.165, 1.54) is 5.56 Å². The maximum Gasteiger partial charge on any atom is 0.167 e. The van der Waals surface area contributed by atoms with E-state index in [1.807, 2.05) is 32.0 Å². The Morgan fingerprint density at radius 1 is 1.46 bits per heavy atom. The maximum atomic E-state index is 5.95. The van der Waals surface area contributed by atoms with Gasteiger partial charge in [-0.05, 0) is 26.0 Å². The summed E-state index contributed by atoms with van der Waals surface area (Å²) in [6.07, 6.45) is 0. The molecule has 1 heterocycles. The van der Waals surface area contributed by atoms with E-state index in [1.54, 1.807) is 0 Å². The number of alkyl halides is 1. The maximum absolute atomic E-state index is 5.95. The van der Waals surface area contributed by atoms with Crippen molar-refractivity contribution in [2.75, 3.05) is 0 Å². The monoisotopic (exact) mass is 195 g/mol. The molecule has 0 aliphatic rings. The third-order valence-corrected chi connectivity index (χ3v) is 2.24. The zero-order valence-corrected chi connectivity index (χ0v) is 8.30. The van der Waals surface area contributed by atoms with Crippen LogP contribution in [0.1, 0.15) is 23.6 Å². The van der Waals surface area contributed by atoms with Gasteiger partial charge in [-0.2, -0.15) is 0 Å². The zero-order chi connectivity index (χ0) is 9.42. The van der Waals surface area contributed by atoms with E-state index in [-0.39, 0.29) is 5.38 Å². The van der Waals surface area contributed by atoms with Crippen molar-refractivity contribution in [3.05, 3.63) is 29.5 Å². The van der Waals surface area contributed by atoms with Crippen LogP contribution in [0.4, 0.5) is 0 Å². The second kappa shape index (κ2) is 3.04. The van der Waals surface area contributed by atoms with Gasteiger partial charge in [-0.15, -0.1) is 11.6 Å². The fraction of sp³-hybridized carbons (Fsp3) is 0.300. The van der Waals surface area contributed by atoms with Crippen molar-refractivity contribution < 1.29 is 4.52 Å². The minimum Gasteiger partial charge on any atom is -0.356 e. The molecule has 0 bridgehead atoms. The van der Waals surface area contributed by atoms with E-state index in [4.69, 9.17) is 16.1 Å². The highest BCUT2D eigenvalue weighted by Gasteiger charge is 2.12. The summed E-state index contributed by atoms with van der Waals surface area (Å²) < 4.78 is 5.13. The molecule has 2 rings (SSSR count). The molecule has 0 aliphatic heterocycles. The number of benzene rings is 1. The molecule has 2 aromatic rings. The van der Waals surface area contributed by atoms with E-state index in [0.717, 1.165) is 16.7 Å². The highest BCUT2D eigenvalue weighted by molar-refractivity contribution is 6.21. The molecule has 0 saturated carbocycles. The summed E-state index contributed by atoms with van der Waals surface area (Å²) in [6, 6.07) is 5.96. The van der Waals surface area contributed by atoms with E-state index >= 15 is 0 Å². The summed E-state index contributed by atoms with van der Waals surface area (Å²) >= 11 is 5.95. The van der Waals surface area contributed by atoms with Crippen molar-refractivity contribution in [3.63, 3.8) is 0 Å². The predicted octanol–water partition coefficient (Wildman–Crippen LogP) is 3.44. The van der Waals surface area contributed by atoms with Crippen molar-refractivity contribution in [2.24, 2.45) is 0 Å². The van der Waals surface area contributed by atoms with Gasteiger partial charge in [0.15, 0.2) is 5.58 Å². The van der Waals surface area contributed by atoms with Crippen LogP contribution in [-0.2, 0) is 0 Å². The molecule has 2 nitrogen and oxygen atoms in total. The molecule has 68 valence electrons. The van der Waals surface area contributed by atoms with Gasteiger partial charge >= 0.3 is 0 Å². The number of nitrogens with zero attached hydrogens (tertiary/aromatic N) is 1. The number of aromatic nitrogens is 1. The molecule has 1 aromatic heterocycles. The first-order valence-electron chi connectivity index (χ1n) is 4.18. The number of fused-ring (bicyclic) bond motifs is 1. The molecule has 13 heavy (non-hydrogen) atoms. The van der Waals surface area contributed by atoms with Crippen LogP contribution < -0.4 is 0 Å². The van der Waals surface area contributed by atoms with Gasteiger partial charge in [-0.25, -0.2) is 0 Å². The SMILES string of the molecule is Cc1ccc2onc(C(C)Cl)c2c1. The van der Waals surface area contributed by atoms with Gasteiger partial charge in [-0.1, -0.05) is 16.8 Å². The molecule has 0 N–H and O–H groups in total. The Balaban J connectivity index is 2.71. The van der Waals surface area contributed by atoms with Crippen molar-refractivity contribution >= 4 is 22.6 Å². The van der Waals surface area contributed by atoms with Gasteiger partial charge in [0.2, 0.25) is 0 Å². The van der Waals surface area contributed by atoms with Crippen molar-refractivity contribution in [1.82, 2.24) is 5.16 Å². The Bertz CT molecular complexity index is 433. The second-order valence-corrected chi connectivity index (χ2v) is 3.84. The highest BCUT2D eigenvalue weighted by atomic mass is 35.5. The van der Waals surface area contributed by atoms with Gasteiger partial charge in [0, 0.05) is 5.39 Å². The van der Waals surface area contributed by atoms with Gasteiger partial charge in [0.05, 0.1) is 5.38 Å². The van der Waals surface area contributed by atoms with Gasteiger partial charge in [-0.3, -0.25) is 0 Å². The molecule has 0 spiro atoms. The summed E-state index contributed by atoms with van der Waals surface area (Å²) in [5.74, 6) is 0. The van der Waals surface area contributed by atoms with Gasteiger partial charge in [0.1, 0.15) is 5.69 Å². The van der Waals surface area contributed by atoms with E-state index < -0.39 is 0 Å². The minimum absolute atomic E-state index is 0.108. The molecule has 0 amide bonds.